The van der Waals surface area contributed by atoms with Crippen LogP contribution in [0.15, 0.2) is 18.3 Å². The van der Waals surface area contributed by atoms with Crippen molar-refractivity contribution in [1.82, 2.24) is 4.98 Å². The van der Waals surface area contributed by atoms with Crippen molar-refractivity contribution in [2.45, 2.75) is 19.4 Å². The van der Waals surface area contributed by atoms with Gasteiger partial charge < -0.3 is 10.0 Å². The standard InChI is InChI=1S/C12H13N3O2/c1-8-3-5-15(11(8)12(16)17)10-6-9(7-13)2-4-14-10/h2,4,6,8,11H,3,5H2,1H3,(H,16,17). The van der Waals surface area contributed by atoms with Gasteiger partial charge in [-0.1, -0.05) is 6.92 Å². The average Bonchev–Trinajstić information content (AvgIpc) is 2.71. The molecule has 88 valence electrons. The molecule has 1 N–H and O–H groups in total. The molecular formula is C12H13N3O2. The fourth-order valence-corrected chi connectivity index (χ4v) is 2.23. The van der Waals surface area contributed by atoms with Crippen molar-refractivity contribution in [3.8, 4) is 6.07 Å². The summed E-state index contributed by atoms with van der Waals surface area (Å²) in [7, 11) is 0. The van der Waals surface area contributed by atoms with E-state index in [9.17, 15) is 9.90 Å². The number of carboxylic acids is 1. The number of rotatable bonds is 2. The molecule has 2 unspecified atom stereocenters. The molecule has 0 spiro atoms. The van der Waals surface area contributed by atoms with Crippen molar-refractivity contribution in [2.75, 3.05) is 11.4 Å². The molecule has 1 fully saturated rings. The van der Waals surface area contributed by atoms with Gasteiger partial charge in [0.1, 0.15) is 11.9 Å². The highest BCUT2D eigenvalue weighted by Gasteiger charge is 2.37. The lowest BCUT2D eigenvalue weighted by atomic mass is 10.0. The van der Waals surface area contributed by atoms with Crippen LogP contribution in [0.5, 0.6) is 0 Å². The second-order valence-electron chi connectivity index (χ2n) is 4.26. The summed E-state index contributed by atoms with van der Waals surface area (Å²) in [4.78, 5) is 17.1. The zero-order valence-electron chi connectivity index (χ0n) is 9.50. The molecule has 1 aliphatic heterocycles. The highest BCUT2D eigenvalue weighted by molar-refractivity contribution is 5.79. The SMILES string of the molecule is CC1CCN(c2cc(C#N)ccn2)C1C(=O)O. The normalized spacial score (nSPS) is 23.4. The van der Waals surface area contributed by atoms with Crippen molar-refractivity contribution in [1.29, 1.82) is 5.26 Å². The minimum atomic E-state index is -0.834. The highest BCUT2D eigenvalue weighted by atomic mass is 16.4. The van der Waals surface area contributed by atoms with Crippen molar-refractivity contribution < 1.29 is 9.90 Å². The molecule has 17 heavy (non-hydrogen) atoms. The lowest BCUT2D eigenvalue weighted by molar-refractivity contribution is -0.139. The van der Waals surface area contributed by atoms with E-state index in [2.05, 4.69) is 4.98 Å². The first-order chi connectivity index (χ1) is 8.13. The number of nitriles is 1. The fourth-order valence-electron chi connectivity index (χ4n) is 2.23. The summed E-state index contributed by atoms with van der Waals surface area (Å²) in [6.45, 7) is 2.59. The minimum absolute atomic E-state index is 0.0973. The monoisotopic (exact) mass is 231 g/mol. The van der Waals surface area contributed by atoms with Gasteiger partial charge >= 0.3 is 5.97 Å². The molecule has 2 rings (SSSR count). The van der Waals surface area contributed by atoms with Crippen LogP contribution in [0, 0.1) is 17.2 Å². The predicted molar refractivity (Wildman–Crippen MR) is 61.5 cm³/mol. The number of hydrogen-bond donors (Lipinski definition) is 1. The number of pyridine rings is 1. The lowest BCUT2D eigenvalue weighted by Crippen LogP contribution is -2.39. The predicted octanol–water partition coefficient (Wildman–Crippen LogP) is 1.25. The number of aliphatic carboxylic acids is 1. The Morgan fingerprint density at radius 2 is 2.47 bits per heavy atom. The summed E-state index contributed by atoms with van der Waals surface area (Å²) < 4.78 is 0. The molecule has 2 atom stereocenters. The molecule has 0 aliphatic carbocycles. The number of hydrogen-bond acceptors (Lipinski definition) is 4. The number of carboxylic acid groups (broad SMARTS) is 1. The van der Waals surface area contributed by atoms with Crippen molar-refractivity contribution in [2.24, 2.45) is 5.92 Å². The molecule has 0 aromatic carbocycles. The Balaban J connectivity index is 2.33. The number of anilines is 1. The van der Waals surface area contributed by atoms with Crippen molar-refractivity contribution in [3.63, 3.8) is 0 Å². The number of carbonyl (C=O) groups is 1. The van der Waals surface area contributed by atoms with Gasteiger partial charge in [0.05, 0.1) is 11.6 Å². The topological polar surface area (TPSA) is 77.2 Å². The van der Waals surface area contributed by atoms with Gasteiger partial charge in [0.15, 0.2) is 0 Å². The van der Waals surface area contributed by atoms with Crippen LogP contribution in [0.25, 0.3) is 0 Å². The molecule has 0 bridgehead atoms. The molecule has 5 nitrogen and oxygen atoms in total. The van der Waals surface area contributed by atoms with E-state index in [4.69, 9.17) is 5.26 Å². The van der Waals surface area contributed by atoms with E-state index in [1.54, 1.807) is 17.0 Å². The molecular weight excluding hydrogens is 218 g/mol. The van der Waals surface area contributed by atoms with Crippen molar-refractivity contribution in [3.05, 3.63) is 23.9 Å². The van der Waals surface area contributed by atoms with Gasteiger partial charge in [-0.15, -0.1) is 0 Å². The maximum Gasteiger partial charge on any atom is 0.326 e. The minimum Gasteiger partial charge on any atom is -0.480 e. The molecule has 0 saturated carbocycles. The smallest absolute Gasteiger partial charge is 0.326 e. The summed E-state index contributed by atoms with van der Waals surface area (Å²) in [5.74, 6) is -0.167. The Morgan fingerprint density at radius 3 is 3.12 bits per heavy atom. The van der Waals surface area contributed by atoms with E-state index in [1.165, 1.54) is 6.20 Å². The zero-order valence-corrected chi connectivity index (χ0v) is 9.50. The van der Waals surface area contributed by atoms with Crippen LogP contribution >= 0.6 is 0 Å². The molecule has 1 saturated heterocycles. The van der Waals surface area contributed by atoms with E-state index >= 15 is 0 Å². The van der Waals surface area contributed by atoms with Gasteiger partial charge in [-0.25, -0.2) is 9.78 Å². The Bertz CT molecular complexity index is 481. The first-order valence-corrected chi connectivity index (χ1v) is 5.49. The third kappa shape index (κ3) is 2.07. The van der Waals surface area contributed by atoms with Crippen LogP contribution < -0.4 is 4.90 Å². The number of aromatic nitrogens is 1. The Labute approximate surface area is 99.3 Å². The van der Waals surface area contributed by atoms with E-state index in [-0.39, 0.29) is 5.92 Å². The summed E-state index contributed by atoms with van der Waals surface area (Å²) >= 11 is 0. The summed E-state index contributed by atoms with van der Waals surface area (Å²) in [6.07, 6.45) is 2.37. The maximum absolute atomic E-state index is 11.2. The molecule has 1 aromatic heterocycles. The van der Waals surface area contributed by atoms with Crippen LogP contribution in [-0.4, -0.2) is 28.6 Å². The summed E-state index contributed by atoms with van der Waals surface area (Å²) in [5.41, 5.74) is 0.499. The van der Waals surface area contributed by atoms with Crippen LogP contribution in [0.3, 0.4) is 0 Å². The van der Waals surface area contributed by atoms with Gasteiger partial charge in [0, 0.05) is 12.7 Å². The summed E-state index contributed by atoms with van der Waals surface area (Å²) in [5, 5.41) is 18.0. The first kappa shape index (κ1) is 11.4. The van der Waals surface area contributed by atoms with E-state index < -0.39 is 12.0 Å². The highest BCUT2D eigenvalue weighted by Crippen LogP contribution is 2.28. The lowest BCUT2D eigenvalue weighted by Gasteiger charge is -2.24. The first-order valence-electron chi connectivity index (χ1n) is 5.49. The average molecular weight is 231 g/mol. The zero-order chi connectivity index (χ0) is 12.4. The Kier molecular flexibility index (Phi) is 2.96. The van der Waals surface area contributed by atoms with E-state index in [0.29, 0.717) is 17.9 Å². The maximum atomic E-state index is 11.2. The quantitative estimate of drug-likeness (QED) is 0.828. The van der Waals surface area contributed by atoms with Gasteiger partial charge in [-0.05, 0) is 24.5 Å². The Morgan fingerprint density at radius 1 is 1.71 bits per heavy atom. The van der Waals surface area contributed by atoms with Gasteiger partial charge in [-0.2, -0.15) is 5.26 Å². The number of nitrogens with zero attached hydrogens (tertiary/aromatic N) is 3. The Hall–Kier alpha value is -2.09. The molecule has 5 heteroatoms. The molecule has 2 heterocycles. The van der Waals surface area contributed by atoms with Crippen LogP contribution in [0.1, 0.15) is 18.9 Å². The molecule has 1 aliphatic rings. The second-order valence-corrected chi connectivity index (χ2v) is 4.26. The summed E-state index contributed by atoms with van der Waals surface area (Å²) in [6, 6.07) is 4.73. The molecule has 0 radical (unpaired) electrons. The van der Waals surface area contributed by atoms with Crippen molar-refractivity contribution >= 4 is 11.8 Å². The molecule has 1 aromatic rings. The third-order valence-corrected chi connectivity index (χ3v) is 3.12. The molecule has 0 amide bonds. The van der Waals surface area contributed by atoms with Gasteiger partial charge in [0.2, 0.25) is 0 Å². The second kappa shape index (κ2) is 4.42. The fraction of sp³-hybridized carbons (Fsp3) is 0.417. The van der Waals surface area contributed by atoms with Crippen LogP contribution in [0.2, 0.25) is 0 Å². The van der Waals surface area contributed by atoms with Crippen LogP contribution in [0.4, 0.5) is 5.82 Å². The van der Waals surface area contributed by atoms with Gasteiger partial charge in [-0.3, -0.25) is 0 Å². The van der Waals surface area contributed by atoms with E-state index in [1.807, 2.05) is 13.0 Å². The van der Waals surface area contributed by atoms with Gasteiger partial charge in [0.25, 0.3) is 0 Å². The third-order valence-electron chi connectivity index (χ3n) is 3.12. The van der Waals surface area contributed by atoms with Crippen LogP contribution in [-0.2, 0) is 4.79 Å². The largest absolute Gasteiger partial charge is 0.480 e. The van der Waals surface area contributed by atoms with E-state index in [0.717, 1.165) is 6.42 Å².